The summed E-state index contributed by atoms with van der Waals surface area (Å²) in [6, 6.07) is 4.95. The van der Waals surface area contributed by atoms with Gasteiger partial charge in [-0.15, -0.1) is 0 Å². The third kappa shape index (κ3) is 6.99. The summed E-state index contributed by atoms with van der Waals surface area (Å²) in [6.07, 6.45) is 1.48. The highest BCUT2D eigenvalue weighted by Gasteiger charge is 2.20. The number of carbonyl (C=O) groups is 2. The van der Waals surface area contributed by atoms with Gasteiger partial charge < -0.3 is 15.2 Å². The summed E-state index contributed by atoms with van der Waals surface area (Å²) in [5, 5.41) is 11.5. The number of amides is 1. The molecule has 1 aromatic carbocycles. The minimum Gasteiger partial charge on any atom is -0.493 e. The molecule has 0 aliphatic heterocycles. The van der Waals surface area contributed by atoms with Crippen molar-refractivity contribution < 1.29 is 27.9 Å². The Hall–Kier alpha value is -2.09. The van der Waals surface area contributed by atoms with Crippen molar-refractivity contribution in [2.45, 2.75) is 37.6 Å². The predicted molar refractivity (Wildman–Crippen MR) is 88.7 cm³/mol. The first-order valence-corrected chi connectivity index (χ1v) is 9.44. The molecule has 0 unspecified atom stereocenters. The van der Waals surface area contributed by atoms with Gasteiger partial charge in [0.05, 0.1) is 17.9 Å². The molecule has 0 aliphatic rings. The van der Waals surface area contributed by atoms with Crippen molar-refractivity contribution in [3.05, 3.63) is 24.3 Å². The highest BCUT2D eigenvalue weighted by atomic mass is 32.2. The van der Waals surface area contributed by atoms with E-state index in [1.54, 1.807) is 0 Å². The SMILES string of the molecule is CC(C)C[C@H](NC(=O)CCOc1ccc(S(C)(=O)=O)cc1)C(=O)O. The number of rotatable bonds is 9. The fourth-order valence-electron chi connectivity index (χ4n) is 2.00. The molecular weight excluding hydrogens is 334 g/mol. The van der Waals surface area contributed by atoms with Crippen molar-refractivity contribution in [1.29, 1.82) is 0 Å². The number of ether oxygens (including phenoxy) is 1. The van der Waals surface area contributed by atoms with Crippen LogP contribution in [0, 0.1) is 5.92 Å². The molecule has 0 spiro atoms. The summed E-state index contributed by atoms with van der Waals surface area (Å²) in [5.41, 5.74) is 0. The Kier molecular flexibility index (Phi) is 7.21. The quantitative estimate of drug-likeness (QED) is 0.693. The number of sulfone groups is 1. The van der Waals surface area contributed by atoms with Crippen LogP contribution < -0.4 is 10.1 Å². The van der Waals surface area contributed by atoms with Gasteiger partial charge in [-0.1, -0.05) is 13.8 Å². The molecule has 1 atom stereocenters. The molecule has 1 amide bonds. The van der Waals surface area contributed by atoms with Gasteiger partial charge in [-0.2, -0.15) is 0 Å². The van der Waals surface area contributed by atoms with E-state index in [2.05, 4.69) is 5.32 Å². The third-order valence-electron chi connectivity index (χ3n) is 3.19. The van der Waals surface area contributed by atoms with Crippen molar-refractivity contribution in [1.82, 2.24) is 5.32 Å². The summed E-state index contributed by atoms with van der Waals surface area (Å²) in [5.74, 6) is -0.881. The van der Waals surface area contributed by atoms with Crippen LogP contribution in [0.25, 0.3) is 0 Å². The largest absolute Gasteiger partial charge is 0.493 e. The van der Waals surface area contributed by atoms with Gasteiger partial charge in [0.15, 0.2) is 9.84 Å². The first-order valence-electron chi connectivity index (χ1n) is 7.54. The van der Waals surface area contributed by atoms with E-state index in [9.17, 15) is 18.0 Å². The maximum absolute atomic E-state index is 11.8. The first-order chi connectivity index (χ1) is 11.1. The van der Waals surface area contributed by atoms with Crippen LogP contribution in [-0.2, 0) is 19.4 Å². The van der Waals surface area contributed by atoms with Crippen LogP contribution in [-0.4, -0.2) is 44.3 Å². The smallest absolute Gasteiger partial charge is 0.326 e. The molecular formula is C16H23NO6S. The molecule has 1 aromatic rings. The molecule has 1 rings (SSSR count). The highest BCUT2D eigenvalue weighted by molar-refractivity contribution is 7.90. The number of nitrogens with one attached hydrogen (secondary N) is 1. The summed E-state index contributed by atoms with van der Waals surface area (Å²) in [4.78, 5) is 23.1. The normalized spacial score (nSPS) is 12.7. The summed E-state index contributed by atoms with van der Waals surface area (Å²) < 4.78 is 28.0. The highest BCUT2D eigenvalue weighted by Crippen LogP contribution is 2.16. The summed E-state index contributed by atoms with van der Waals surface area (Å²) in [7, 11) is -3.26. The third-order valence-corrected chi connectivity index (χ3v) is 4.32. The van der Waals surface area contributed by atoms with E-state index < -0.39 is 27.8 Å². The van der Waals surface area contributed by atoms with Crippen LogP contribution in [0.3, 0.4) is 0 Å². The van der Waals surface area contributed by atoms with Crippen molar-refractivity contribution in [2.24, 2.45) is 5.92 Å². The zero-order valence-electron chi connectivity index (χ0n) is 14.0. The standard InChI is InChI=1S/C16H23NO6S/c1-11(2)10-14(16(19)20)17-15(18)8-9-23-12-4-6-13(7-5-12)24(3,21)22/h4-7,11,14H,8-10H2,1-3H3,(H,17,18)(H,19,20)/t14-/m0/s1. The summed E-state index contributed by atoms with van der Waals surface area (Å²) in [6.45, 7) is 3.83. The monoisotopic (exact) mass is 357 g/mol. The Morgan fingerprint density at radius 1 is 1.21 bits per heavy atom. The lowest BCUT2D eigenvalue weighted by molar-refractivity contribution is -0.142. The van der Waals surface area contributed by atoms with Gasteiger partial charge in [0.1, 0.15) is 11.8 Å². The van der Waals surface area contributed by atoms with E-state index in [4.69, 9.17) is 9.84 Å². The Labute approximate surface area is 141 Å². The van der Waals surface area contributed by atoms with Gasteiger partial charge in [0.2, 0.25) is 5.91 Å². The topological polar surface area (TPSA) is 110 Å². The second-order valence-electron chi connectivity index (χ2n) is 5.93. The maximum atomic E-state index is 11.8. The molecule has 8 heteroatoms. The molecule has 0 bridgehead atoms. The number of benzene rings is 1. The fraction of sp³-hybridized carbons (Fsp3) is 0.500. The number of hydrogen-bond acceptors (Lipinski definition) is 5. The van der Waals surface area contributed by atoms with E-state index >= 15 is 0 Å². The Bertz CT molecular complexity index is 666. The van der Waals surface area contributed by atoms with Gasteiger partial charge >= 0.3 is 5.97 Å². The average molecular weight is 357 g/mol. The first kappa shape index (κ1) is 20.0. The van der Waals surface area contributed by atoms with Gasteiger partial charge in [-0.3, -0.25) is 4.79 Å². The van der Waals surface area contributed by atoms with Crippen LogP contribution in [0.1, 0.15) is 26.7 Å². The van der Waals surface area contributed by atoms with Gasteiger partial charge in [-0.25, -0.2) is 13.2 Å². The lowest BCUT2D eigenvalue weighted by Crippen LogP contribution is -2.42. The number of carbonyl (C=O) groups excluding carboxylic acids is 1. The van der Waals surface area contributed by atoms with Crippen LogP contribution in [0.2, 0.25) is 0 Å². The Morgan fingerprint density at radius 3 is 2.25 bits per heavy atom. The van der Waals surface area contributed by atoms with E-state index in [-0.39, 0.29) is 23.8 Å². The number of carboxylic acids is 1. The minimum absolute atomic E-state index is 0.00963. The van der Waals surface area contributed by atoms with Crippen molar-refractivity contribution >= 4 is 21.7 Å². The van der Waals surface area contributed by atoms with Crippen molar-refractivity contribution in [3.8, 4) is 5.75 Å². The maximum Gasteiger partial charge on any atom is 0.326 e. The zero-order chi connectivity index (χ0) is 18.3. The van der Waals surface area contributed by atoms with E-state index in [0.29, 0.717) is 12.2 Å². The molecule has 7 nitrogen and oxygen atoms in total. The molecule has 0 heterocycles. The second kappa shape index (κ2) is 8.68. The molecule has 24 heavy (non-hydrogen) atoms. The number of aliphatic carboxylic acids is 1. The fourth-order valence-corrected chi connectivity index (χ4v) is 2.63. The molecule has 0 saturated carbocycles. The van der Waals surface area contributed by atoms with E-state index in [1.807, 2.05) is 13.8 Å². The Balaban J connectivity index is 2.46. The second-order valence-corrected chi connectivity index (χ2v) is 7.95. The molecule has 0 fully saturated rings. The lowest BCUT2D eigenvalue weighted by atomic mass is 10.0. The lowest BCUT2D eigenvalue weighted by Gasteiger charge is -2.16. The van der Waals surface area contributed by atoms with Gasteiger partial charge in [0.25, 0.3) is 0 Å². The van der Waals surface area contributed by atoms with Crippen LogP contribution in [0.4, 0.5) is 0 Å². The number of carboxylic acid groups (broad SMARTS) is 1. The van der Waals surface area contributed by atoms with E-state index in [0.717, 1.165) is 6.26 Å². The average Bonchev–Trinajstić information content (AvgIpc) is 2.45. The van der Waals surface area contributed by atoms with Crippen LogP contribution in [0.15, 0.2) is 29.2 Å². The van der Waals surface area contributed by atoms with Crippen molar-refractivity contribution in [2.75, 3.05) is 12.9 Å². The van der Waals surface area contributed by atoms with Crippen molar-refractivity contribution in [3.63, 3.8) is 0 Å². The number of hydrogen-bond donors (Lipinski definition) is 2. The van der Waals surface area contributed by atoms with Gasteiger partial charge in [0, 0.05) is 6.26 Å². The predicted octanol–water partition coefficient (Wildman–Crippen LogP) is 1.47. The molecule has 0 saturated heterocycles. The summed E-state index contributed by atoms with van der Waals surface area (Å²) >= 11 is 0. The molecule has 134 valence electrons. The molecule has 0 aromatic heterocycles. The van der Waals surface area contributed by atoms with Crippen LogP contribution in [0.5, 0.6) is 5.75 Å². The van der Waals surface area contributed by atoms with Gasteiger partial charge in [-0.05, 0) is 36.6 Å². The van der Waals surface area contributed by atoms with Crippen LogP contribution >= 0.6 is 0 Å². The minimum atomic E-state index is -3.26. The Morgan fingerprint density at radius 2 is 1.79 bits per heavy atom. The zero-order valence-corrected chi connectivity index (χ0v) is 14.8. The molecule has 0 radical (unpaired) electrons. The molecule has 0 aliphatic carbocycles. The molecule has 2 N–H and O–H groups in total. The van der Waals surface area contributed by atoms with E-state index in [1.165, 1.54) is 24.3 Å².